The van der Waals surface area contributed by atoms with Gasteiger partial charge in [-0.2, -0.15) is 0 Å². The van der Waals surface area contributed by atoms with Gasteiger partial charge in [0, 0.05) is 0 Å². The Balaban J connectivity index is 2.44. The number of rotatable bonds is 2. The molecule has 2 rings (SSSR count). The van der Waals surface area contributed by atoms with E-state index in [9.17, 15) is 5.11 Å². The van der Waals surface area contributed by atoms with Gasteiger partial charge in [-0.25, -0.2) is 0 Å². The van der Waals surface area contributed by atoms with E-state index in [0.29, 0.717) is 5.46 Å². The Morgan fingerprint density at radius 2 is 1.76 bits per heavy atom. The van der Waals surface area contributed by atoms with Crippen LogP contribution >= 0.6 is 0 Å². The SMILES string of the molecule is [B]c1cccc(C(O)c2cccc(C)c2C)c1. The van der Waals surface area contributed by atoms with E-state index in [1.165, 1.54) is 5.56 Å². The molecular weight excluding hydrogens is 207 g/mol. The highest BCUT2D eigenvalue weighted by Gasteiger charge is 2.13. The lowest BCUT2D eigenvalue weighted by Gasteiger charge is -2.16. The van der Waals surface area contributed by atoms with Crippen molar-refractivity contribution in [2.75, 3.05) is 0 Å². The molecule has 1 nitrogen and oxygen atoms in total. The first-order chi connectivity index (χ1) is 8.09. The molecule has 0 saturated heterocycles. The number of hydrogen-bond acceptors (Lipinski definition) is 1. The van der Waals surface area contributed by atoms with E-state index in [1.807, 2.05) is 56.3 Å². The summed E-state index contributed by atoms with van der Waals surface area (Å²) >= 11 is 0. The Kier molecular flexibility index (Phi) is 3.34. The van der Waals surface area contributed by atoms with Gasteiger partial charge in [0.15, 0.2) is 0 Å². The smallest absolute Gasteiger partial charge is 0.113 e. The number of aliphatic hydroxyl groups excluding tert-OH is 1. The first-order valence-electron chi connectivity index (χ1n) is 5.69. The fourth-order valence-corrected chi connectivity index (χ4v) is 1.98. The van der Waals surface area contributed by atoms with Crippen LogP contribution in [-0.2, 0) is 0 Å². The molecular formula is C15H15BO. The Morgan fingerprint density at radius 1 is 1.06 bits per heavy atom. The second-order valence-corrected chi connectivity index (χ2v) is 4.36. The molecule has 2 heteroatoms. The molecule has 1 N–H and O–H groups in total. The lowest BCUT2D eigenvalue weighted by molar-refractivity contribution is 0.219. The van der Waals surface area contributed by atoms with Crippen molar-refractivity contribution >= 4 is 13.3 Å². The first-order valence-corrected chi connectivity index (χ1v) is 5.69. The van der Waals surface area contributed by atoms with Crippen LogP contribution in [0.5, 0.6) is 0 Å². The first kappa shape index (κ1) is 11.9. The van der Waals surface area contributed by atoms with Crippen molar-refractivity contribution in [3.8, 4) is 0 Å². The maximum absolute atomic E-state index is 10.4. The van der Waals surface area contributed by atoms with E-state index in [1.54, 1.807) is 0 Å². The van der Waals surface area contributed by atoms with Crippen LogP contribution in [0.3, 0.4) is 0 Å². The molecule has 2 radical (unpaired) electrons. The molecule has 0 heterocycles. The third kappa shape index (κ3) is 2.42. The number of aliphatic hydroxyl groups is 1. The molecule has 0 aromatic heterocycles. The van der Waals surface area contributed by atoms with E-state index in [2.05, 4.69) is 0 Å². The van der Waals surface area contributed by atoms with Crippen LogP contribution in [0.15, 0.2) is 42.5 Å². The molecule has 0 fully saturated rings. The van der Waals surface area contributed by atoms with Crippen LogP contribution in [0.2, 0.25) is 0 Å². The van der Waals surface area contributed by atoms with Crippen molar-refractivity contribution in [3.05, 3.63) is 64.7 Å². The summed E-state index contributed by atoms with van der Waals surface area (Å²) in [7, 11) is 5.73. The Bertz CT molecular complexity index is 534. The molecule has 0 amide bonds. The summed E-state index contributed by atoms with van der Waals surface area (Å²) in [6.45, 7) is 4.07. The predicted octanol–water partition coefficient (Wildman–Crippen LogP) is 2.18. The van der Waals surface area contributed by atoms with Gasteiger partial charge in [-0.15, -0.1) is 0 Å². The molecule has 0 aliphatic heterocycles. The summed E-state index contributed by atoms with van der Waals surface area (Å²) in [6, 6.07) is 13.3. The van der Waals surface area contributed by atoms with E-state index in [-0.39, 0.29) is 0 Å². The predicted molar refractivity (Wildman–Crippen MR) is 71.8 cm³/mol. The van der Waals surface area contributed by atoms with Gasteiger partial charge in [-0.3, -0.25) is 0 Å². The van der Waals surface area contributed by atoms with E-state index in [4.69, 9.17) is 7.85 Å². The zero-order valence-corrected chi connectivity index (χ0v) is 10.1. The average Bonchev–Trinajstić information content (AvgIpc) is 2.32. The van der Waals surface area contributed by atoms with Gasteiger partial charge in [-0.05, 0) is 36.1 Å². The third-order valence-electron chi connectivity index (χ3n) is 3.17. The molecule has 0 saturated carbocycles. The number of aryl methyl sites for hydroxylation is 1. The highest BCUT2D eigenvalue weighted by molar-refractivity contribution is 6.32. The van der Waals surface area contributed by atoms with Crippen LogP contribution < -0.4 is 5.46 Å². The Hall–Kier alpha value is -1.54. The lowest BCUT2D eigenvalue weighted by Crippen LogP contribution is -2.08. The van der Waals surface area contributed by atoms with Crippen LogP contribution in [0.25, 0.3) is 0 Å². The lowest BCUT2D eigenvalue weighted by atomic mass is 9.90. The van der Waals surface area contributed by atoms with Gasteiger partial charge < -0.3 is 5.11 Å². The van der Waals surface area contributed by atoms with E-state index >= 15 is 0 Å². The number of hydrogen-bond donors (Lipinski definition) is 1. The maximum atomic E-state index is 10.4. The van der Waals surface area contributed by atoms with Gasteiger partial charge >= 0.3 is 0 Å². The fourth-order valence-electron chi connectivity index (χ4n) is 1.98. The Labute approximate surface area is 104 Å². The van der Waals surface area contributed by atoms with Crippen molar-refractivity contribution in [2.45, 2.75) is 20.0 Å². The Morgan fingerprint density at radius 3 is 2.47 bits per heavy atom. The second-order valence-electron chi connectivity index (χ2n) is 4.36. The summed E-state index contributed by atoms with van der Waals surface area (Å²) < 4.78 is 0. The quantitative estimate of drug-likeness (QED) is 0.772. The molecule has 0 bridgehead atoms. The number of benzene rings is 2. The summed E-state index contributed by atoms with van der Waals surface area (Å²) in [5.74, 6) is 0. The van der Waals surface area contributed by atoms with Gasteiger partial charge in [0.2, 0.25) is 0 Å². The largest absolute Gasteiger partial charge is 0.384 e. The zero-order valence-electron chi connectivity index (χ0n) is 10.1. The zero-order chi connectivity index (χ0) is 12.4. The van der Waals surface area contributed by atoms with Crippen molar-refractivity contribution in [2.24, 2.45) is 0 Å². The minimum absolute atomic E-state index is 0.613. The fraction of sp³-hybridized carbons (Fsp3) is 0.200. The standard InChI is InChI=1S/C15H15BO/c1-10-5-3-8-14(11(10)2)15(17)12-6-4-7-13(16)9-12/h3-9,15,17H,1-2H3. The average molecular weight is 222 g/mol. The monoisotopic (exact) mass is 222 g/mol. The minimum atomic E-state index is -0.613. The summed E-state index contributed by atoms with van der Waals surface area (Å²) in [4.78, 5) is 0. The summed E-state index contributed by atoms with van der Waals surface area (Å²) in [5.41, 5.74) is 4.76. The van der Waals surface area contributed by atoms with Crippen molar-refractivity contribution in [1.82, 2.24) is 0 Å². The van der Waals surface area contributed by atoms with Gasteiger partial charge in [0.25, 0.3) is 0 Å². The molecule has 84 valence electrons. The minimum Gasteiger partial charge on any atom is -0.384 e. The molecule has 2 aromatic rings. The normalized spacial score (nSPS) is 12.4. The van der Waals surface area contributed by atoms with Crippen LogP contribution in [-0.4, -0.2) is 13.0 Å². The van der Waals surface area contributed by atoms with Gasteiger partial charge in [0.05, 0.1) is 0 Å². The maximum Gasteiger partial charge on any atom is 0.113 e. The van der Waals surface area contributed by atoms with Crippen LogP contribution in [0.4, 0.5) is 0 Å². The molecule has 0 aliphatic carbocycles. The summed E-state index contributed by atoms with van der Waals surface area (Å²) in [5, 5.41) is 10.4. The summed E-state index contributed by atoms with van der Waals surface area (Å²) in [6.07, 6.45) is -0.613. The molecule has 1 atom stereocenters. The topological polar surface area (TPSA) is 20.2 Å². The van der Waals surface area contributed by atoms with Gasteiger partial charge in [-0.1, -0.05) is 47.9 Å². The third-order valence-corrected chi connectivity index (χ3v) is 3.17. The highest BCUT2D eigenvalue weighted by Crippen LogP contribution is 2.25. The molecule has 17 heavy (non-hydrogen) atoms. The molecule has 0 spiro atoms. The van der Waals surface area contributed by atoms with E-state index in [0.717, 1.165) is 16.7 Å². The van der Waals surface area contributed by atoms with Crippen molar-refractivity contribution < 1.29 is 5.11 Å². The van der Waals surface area contributed by atoms with Crippen molar-refractivity contribution in [1.29, 1.82) is 0 Å². The molecule has 1 unspecified atom stereocenters. The van der Waals surface area contributed by atoms with Crippen LogP contribution in [0.1, 0.15) is 28.4 Å². The highest BCUT2D eigenvalue weighted by atomic mass is 16.3. The molecule has 2 aromatic carbocycles. The van der Waals surface area contributed by atoms with Crippen LogP contribution in [0, 0.1) is 13.8 Å². The second kappa shape index (κ2) is 4.76. The van der Waals surface area contributed by atoms with Gasteiger partial charge in [0.1, 0.15) is 14.0 Å². The van der Waals surface area contributed by atoms with Crippen molar-refractivity contribution in [3.63, 3.8) is 0 Å². The van der Waals surface area contributed by atoms with E-state index < -0.39 is 6.10 Å². The molecule has 0 aliphatic rings.